The van der Waals surface area contributed by atoms with Crippen LogP contribution in [-0.2, 0) is 14.2 Å². The van der Waals surface area contributed by atoms with Gasteiger partial charge in [0.2, 0.25) is 0 Å². The highest BCUT2D eigenvalue weighted by atomic mass is 16.7. The molecule has 0 unspecified atom stereocenters. The average molecular weight is 445 g/mol. The topological polar surface area (TPSA) is 181 Å². The molecule has 2 fully saturated rings. The van der Waals surface area contributed by atoms with E-state index in [9.17, 15) is 35.7 Å². The van der Waals surface area contributed by atoms with Gasteiger partial charge in [0.1, 0.15) is 48.8 Å². The molecule has 0 saturated carbocycles. The number of aryl methyl sites for hydroxylation is 2. The van der Waals surface area contributed by atoms with E-state index in [1.165, 1.54) is 0 Å². The molecular weight excluding hydrogens is 414 g/mol. The summed E-state index contributed by atoms with van der Waals surface area (Å²) in [7, 11) is 0. The van der Waals surface area contributed by atoms with Crippen molar-refractivity contribution >= 4 is 5.69 Å². The maximum atomic E-state index is 10.6. The fourth-order valence-electron chi connectivity index (χ4n) is 3.70. The minimum Gasteiger partial charge on any atom is -0.394 e. The number of aliphatic hydroxyl groups excluding tert-OH is 7. The van der Waals surface area contributed by atoms with E-state index in [0.717, 1.165) is 11.1 Å². The summed E-state index contributed by atoms with van der Waals surface area (Å²) in [5.41, 5.74) is 2.74. The summed E-state index contributed by atoms with van der Waals surface area (Å²) >= 11 is 0. The molecule has 2 saturated heterocycles. The molecule has 2 aliphatic rings. The molecule has 31 heavy (non-hydrogen) atoms. The molecule has 0 bridgehead atoms. The number of benzene rings is 1. The van der Waals surface area contributed by atoms with Crippen LogP contribution >= 0.6 is 0 Å². The van der Waals surface area contributed by atoms with Crippen molar-refractivity contribution in [3.05, 3.63) is 29.3 Å². The van der Waals surface area contributed by atoms with Crippen molar-refractivity contribution in [1.82, 2.24) is 0 Å². The third-order valence-electron chi connectivity index (χ3n) is 5.82. The molecule has 0 amide bonds. The predicted molar refractivity (Wildman–Crippen MR) is 106 cm³/mol. The van der Waals surface area contributed by atoms with Crippen LogP contribution in [0.1, 0.15) is 11.1 Å². The van der Waals surface area contributed by atoms with E-state index in [4.69, 9.17) is 14.2 Å². The number of anilines is 1. The van der Waals surface area contributed by atoms with Crippen molar-refractivity contribution < 1.29 is 50.0 Å². The van der Waals surface area contributed by atoms with Gasteiger partial charge in [-0.05, 0) is 37.1 Å². The van der Waals surface area contributed by atoms with Gasteiger partial charge in [-0.3, -0.25) is 0 Å². The average Bonchev–Trinajstić information content (AvgIpc) is 2.75. The minimum absolute atomic E-state index is 0.586. The van der Waals surface area contributed by atoms with Crippen LogP contribution in [0.5, 0.6) is 0 Å². The Balaban J connectivity index is 1.72. The van der Waals surface area contributed by atoms with E-state index in [1.807, 2.05) is 26.0 Å². The van der Waals surface area contributed by atoms with Gasteiger partial charge < -0.3 is 55.3 Å². The van der Waals surface area contributed by atoms with Crippen LogP contribution in [0.4, 0.5) is 5.69 Å². The molecule has 11 nitrogen and oxygen atoms in total. The van der Waals surface area contributed by atoms with Gasteiger partial charge in [-0.25, -0.2) is 0 Å². The Labute approximate surface area is 179 Å². The molecule has 0 aliphatic carbocycles. The maximum absolute atomic E-state index is 10.6. The second-order valence-electron chi connectivity index (χ2n) is 8.00. The number of ether oxygens (including phenoxy) is 3. The van der Waals surface area contributed by atoms with E-state index < -0.39 is 74.6 Å². The molecular formula is C20H31NO10. The molecule has 1 aromatic carbocycles. The first kappa shape index (κ1) is 24.3. The number of aliphatic hydroxyl groups is 7. The number of hydrogen-bond acceptors (Lipinski definition) is 11. The van der Waals surface area contributed by atoms with Crippen molar-refractivity contribution in [2.24, 2.45) is 0 Å². The van der Waals surface area contributed by atoms with Gasteiger partial charge in [-0.1, -0.05) is 6.07 Å². The van der Waals surface area contributed by atoms with Crippen molar-refractivity contribution in [2.75, 3.05) is 18.5 Å². The van der Waals surface area contributed by atoms with Crippen LogP contribution in [0, 0.1) is 13.8 Å². The summed E-state index contributed by atoms with van der Waals surface area (Å²) in [5, 5.41) is 73.2. The smallest absolute Gasteiger partial charge is 0.187 e. The quantitative estimate of drug-likeness (QED) is 0.229. The second kappa shape index (κ2) is 10.0. The van der Waals surface area contributed by atoms with Crippen LogP contribution < -0.4 is 5.32 Å². The Morgan fingerprint density at radius 1 is 0.806 bits per heavy atom. The zero-order chi connectivity index (χ0) is 22.9. The molecule has 11 heteroatoms. The summed E-state index contributed by atoms with van der Waals surface area (Å²) < 4.78 is 16.5. The van der Waals surface area contributed by atoms with Crippen LogP contribution in [-0.4, -0.2) is 110 Å². The fraction of sp³-hybridized carbons (Fsp3) is 0.700. The van der Waals surface area contributed by atoms with Crippen molar-refractivity contribution in [2.45, 2.75) is 75.2 Å². The third kappa shape index (κ3) is 5.01. The van der Waals surface area contributed by atoms with Gasteiger partial charge in [0.05, 0.1) is 13.2 Å². The van der Waals surface area contributed by atoms with Crippen LogP contribution in [0.15, 0.2) is 18.2 Å². The fourth-order valence-corrected chi connectivity index (χ4v) is 3.70. The first-order valence-electron chi connectivity index (χ1n) is 10.1. The Morgan fingerprint density at radius 3 is 2.10 bits per heavy atom. The minimum atomic E-state index is -1.70. The Kier molecular flexibility index (Phi) is 7.86. The predicted octanol–water partition coefficient (Wildman–Crippen LogP) is -2.66. The first-order chi connectivity index (χ1) is 14.7. The molecule has 3 rings (SSSR count). The van der Waals surface area contributed by atoms with Gasteiger partial charge >= 0.3 is 0 Å². The Morgan fingerprint density at radius 2 is 1.48 bits per heavy atom. The summed E-state index contributed by atoms with van der Waals surface area (Å²) in [5.74, 6) is 0. The molecule has 2 aliphatic heterocycles. The lowest BCUT2D eigenvalue weighted by Crippen LogP contribution is -2.65. The molecule has 10 atom stereocenters. The van der Waals surface area contributed by atoms with E-state index in [0.29, 0.717) is 5.69 Å². The number of hydrogen-bond donors (Lipinski definition) is 8. The maximum Gasteiger partial charge on any atom is 0.187 e. The van der Waals surface area contributed by atoms with Gasteiger partial charge in [0, 0.05) is 5.69 Å². The number of nitrogens with one attached hydrogen (secondary N) is 1. The highest BCUT2D eigenvalue weighted by Crippen LogP contribution is 2.30. The molecule has 2 heterocycles. The van der Waals surface area contributed by atoms with E-state index in [-0.39, 0.29) is 0 Å². The summed E-state index contributed by atoms with van der Waals surface area (Å²) in [4.78, 5) is 0. The Bertz CT molecular complexity index is 732. The number of rotatable bonds is 6. The lowest BCUT2D eigenvalue weighted by Gasteiger charge is -2.46. The van der Waals surface area contributed by atoms with Crippen LogP contribution in [0.2, 0.25) is 0 Å². The van der Waals surface area contributed by atoms with Crippen molar-refractivity contribution in [3.63, 3.8) is 0 Å². The van der Waals surface area contributed by atoms with Gasteiger partial charge in [-0.2, -0.15) is 0 Å². The molecule has 0 radical (unpaired) electrons. The summed E-state index contributed by atoms with van der Waals surface area (Å²) in [6, 6.07) is 5.52. The summed E-state index contributed by atoms with van der Waals surface area (Å²) in [6.45, 7) is 2.64. The van der Waals surface area contributed by atoms with Crippen LogP contribution in [0.3, 0.4) is 0 Å². The molecule has 1 aromatic rings. The lowest BCUT2D eigenvalue weighted by atomic mass is 9.96. The molecule has 0 aromatic heterocycles. The van der Waals surface area contributed by atoms with Crippen molar-refractivity contribution in [1.29, 1.82) is 0 Å². The SMILES string of the molecule is Cc1ccc(N[C@@H]2O[C@@H](CO)[C@@H](O[C@@H]3O[C@@H](CO)[C@@H](O)[C@@H](O)[C@@H]3O)[C@@H](O)[C@@H]2O)cc1C. The molecule has 8 N–H and O–H groups in total. The van der Waals surface area contributed by atoms with Crippen LogP contribution in [0.25, 0.3) is 0 Å². The third-order valence-corrected chi connectivity index (χ3v) is 5.82. The molecule has 0 spiro atoms. The second-order valence-corrected chi connectivity index (χ2v) is 8.00. The summed E-state index contributed by atoms with van der Waals surface area (Å²) in [6.07, 6.45) is -14.2. The standard InChI is InChI=1S/C20H31NO10/c1-8-3-4-10(5-9(8)2)21-19-16(27)15(26)18(12(7-23)29-19)31-20-17(28)14(25)13(24)11(6-22)30-20/h3-5,11-28H,6-7H2,1-2H3/t11-,12-,13+,14+,15-,16-,17-,18+,19+,20-/m0/s1. The first-order valence-corrected chi connectivity index (χ1v) is 10.1. The zero-order valence-electron chi connectivity index (χ0n) is 17.3. The Hall–Kier alpha value is -1.38. The zero-order valence-corrected chi connectivity index (χ0v) is 17.3. The van der Waals surface area contributed by atoms with E-state index >= 15 is 0 Å². The van der Waals surface area contributed by atoms with E-state index in [1.54, 1.807) is 6.07 Å². The largest absolute Gasteiger partial charge is 0.394 e. The van der Waals surface area contributed by atoms with E-state index in [2.05, 4.69) is 5.32 Å². The normalized spacial score (nSPS) is 41.2. The molecule has 176 valence electrons. The monoisotopic (exact) mass is 445 g/mol. The van der Waals surface area contributed by atoms with Gasteiger partial charge in [0.15, 0.2) is 12.5 Å². The lowest BCUT2D eigenvalue weighted by molar-refractivity contribution is -0.340. The van der Waals surface area contributed by atoms with Gasteiger partial charge in [0.25, 0.3) is 0 Å². The van der Waals surface area contributed by atoms with Gasteiger partial charge in [-0.15, -0.1) is 0 Å². The highest BCUT2D eigenvalue weighted by molar-refractivity contribution is 5.48. The van der Waals surface area contributed by atoms with Crippen molar-refractivity contribution in [3.8, 4) is 0 Å². The highest BCUT2D eigenvalue weighted by Gasteiger charge is 2.50.